The molecule has 1 aromatic rings. The molecule has 1 aliphatic heterocycles. The van der Waals surface area contributed by atoms with Crippen LogP contribution in [0.2, 0.25) is 0 Å². The number of nitrogens with one attached hydrogen (secondary N) is 1. The van der Waals surface area contributed by atoms with Crippen molar-refractivity contribution in [3.05, 3.63) is 24.3 Å². The van der Waals surface area contributed by atoms with Crippen LogP contribution in [0, 0.1) is 5.92 Å². The molecule has 108 valence electrons. The van der Waals surface area contributed by atoms with Gasteiger partial charge in [-0.05, 0) is 24.1 Å². The third kappa shape index (κ3) is 3.58. The Morgan fingerprint density at radius 3 is 3.00 bits per heavy atom. The number of hydrogen-bond donors (Lipinski definition) is 1. The van der Waals surface area contributed by atoms with Gasteiger partial charge in [-0.2, -0.15) is 0 Å². The van der Waals surface area contributed by atoms with E-state index in [0.717, 1.165) is 11.0 Å². The first-order valence-electron chi connectivity index (χ1n) is 6.39. The van der Waals surface area contributed by atoms with E-state index in [4.69, 9.17) is 4.74 Å². The Morgan fingerprint density at radius 1 is 1.55 bits per heavy atom. The van der Waals surface area contributed by atoms with Crippen LogP contribution in [0.3, 0.4) is 0 Å². The van der Waals surface area contributed by atoms with Crippen molar-refractivity contribution < 1.29 is 14.3 Å². The molecule has 1 aromatic carbocycles. The molecule has 2 amide bonds. The standard InChI is InChI=1S/C14H17BrN2O3/c1-20-9-13(18)16-11-3-2-4-12(6-11)17-8-10(7-15)5-14(17)19/h2-4,6,10H,5,7-9H2,1H3,(H,16,18). The van der Waals surface area contributed by atoms with Gasteiger partial charge in [0.2, 0.25) is 11.8 Å². The van der Waals surface area contributed by atoms with Gasteiger partial charge in [-0.3, -0.25) is 9.59 Å². The Kier molecular flexibility index (Phi) is 5.14. The number of rotatable bonds is 5. The van der Waals surface area contributed by atoms with Crippen molar-refractivity contribution >= 4 is 39.1 Å². The third-order valence-corrected chi connectivity index (χ3v) is 4.06. The number of ether oxygens (including phenoxy) is 1. The van der Waals surface area contributed by atoms with Crippen LogP contribution < -0.4 is 10.2 Å². The van der Waals surface area contributed by atoms with Crippen molar-refractivity contribution in [1.29, 1.82) is 0 Å². The fraction of sp³-hybridized carbons (Fsp3) is 0.429. The molecule has 1 unspecified atom stereocenters. The third-order valence-electron chi connectivity index (χ3n) is 3.14. The number of carbonyl (C=O) groups excluding carboxylic acids is 2. The van der Waals surface area contributed by atoms with Gasteiger partial charge in [-0.25, -0.2) is 0 Å². The van der Waals surface area contributed by atoms with Gasteiger partial charge >= 0.3 is 0 Å². The maximum absolute atomic E-state index is 12.0. The van der Waals surface area contributed by atoms with Crippen LogP contribution in [0.5, 0.6) is 0 Å². The van der Waals surface area contributed by atoms with Crippen molar-refractivity contribution in [3.8, 4) is 0 Å². The number of hydrogen-bond acceptors (Lipinski definition) is 3. The first-order chi connectivity index (χ1) is 9.63. The Hall–Kier alpha value is -1.40. The predicted molar refractivity (Wildman–Crippen MR) is 81.2 cm³/mol. The highest BCUT2D eigenvalue weighted by atomic mass is 79.9. The summed E-state index contributed by atoms with van der Waals surface area (Å²) < 4.78 is 4.77. The average Bonchev–Trinajstić information content (AvgIpc) is 2.80. The molecule has 1 atom stereocenters. The molecule has 2 rings (SSSR count). The van der Waals surface area contributed by atoms with Gasteiger partial charge < -0.3 is 15.0 Å². The molecular formula is C14H17BrN2O3. The lowest BCUT2D eigenvalue weighted by Crippen LogP contribution is -2.25. The second-order valence-electron chi connectivity index (χ2n) is 4.76. The van der Waals surface area contributed by atoms with Crippen LogP contribution in [0.15, 0.2) is 24.3 Å². The zero-order valence-corrected chi connectivity index (χ0v) is 12.9. The molecule has 20 heavy (non-hydrogen) atoms. The minimum atomic E-state index is -0.212. The average molecular weight is 341 g/mol. The molecule has 1 N–H and O–H groups in total. The summed E-state index contributed by atoms with van der Waals surface area (Å²) in [4.78, 5) is 25.2. The van der Waals surface area contributed by atoms with E-state index in [1.165, 1.54) is 7.11 Å². The Balaban J connectivity index is 2.10. The van der Waals surface area contributed by atoms with Gasteiger partial charge in [-0.15, -0.1) is 0 Å². The van der Waals surface area contributed by atoms with Crippen molar-refractivity contribution in [2.24, 2.45) is 5.92 Å². The van der Waals surface area contributed by atoms with E-state index < -0.39 is 0 Å². The van der Waals surface area contributed by atoms with E-state index in [0.29, 0.717) is 24.6 Å². The van der Waals surface area contributed by atoms with E-state index in [9.17, 15) is 9.59 Å². The summed E-state index contributed by atoms with van der Waals surface area (Å²) in [5.41, 5.74) is 1.48. The second kappa shape index (κ2) is 6.85. The predicted octanol–water partition coefficient (Wildman–Crippen LogP) is 2.02. The largest absolute Gasteiger partial charge is 0.375 e. The molecule has 0 radical (unpaired) electrons. The number of alkyl halides is 1. The molecule has 0 bridgehead atoms. The topological polar surface area (TPSA) is 58.6 Å². The van der Waals surface area contributed by atoms with Crippen molar-refractivity contribution in [3.63, 3.8) is 0 Å². The van der Waals surface area contributed by atoms with E-state index in [-0.39, 0.29) is 18.4 Å². The molecule has 6 heteroatoms. The van der Waals surface area contributed by atoms with Crippen LogP contribution in [-0.4, -0.2) is 37.4 Å². The van der Waals surface area contributed by atoms with Crippen LogP contribution in [-0.2, 0) is 14.3 Å². The molecular weight excluding hydrogens is 324 g/mol. The molecule has 1 fully saturated rings. The van der Waals surface area contributed by atoms with Crippen LogP contribution in [0.25, 0.3) is 0 Å². The van der Waals surface area contributed by atoms with Crippen molar-refractivity contribution in [2.45, 2.75) is 6.42 Å². The minimum Gasteiger partial charge on any atom is -0.375 e. The number of anilines is 2. The summed E-state index contributed by atoms with van der Waals surface area (Å²) >= 11 is 3.42. The van der Waals surface area contributed by atoms with E-state index in [1.54, 1.807) is 11.0 Å². The SMILES string of the molecule is COCC(=O)Nc1cccc(N2CC(CBr)CC2=O)c1. The monoisotopic (exact) mass is 340 g/mol. The van der Waals surface area contributed by atoms with Gasteiger partial charge in [0.1, 0.15) is 6.61 Å². The number of nitrogens with zero attached hydrogens (tertiary/aromatic N) is 1. The number of benzene rings is 1. The maximum Gasteiger partial charge on any atom is 0.250 e. The number of carbonyl (C=O) groups is 2. The number of amides is 2. The van der Waals surface area contributed by atoms with Crippen molar-refractivity contribution in [2.75, 3.05) is 35.8 Å². The minimum absolute atomic E-state index is 0.0124. The van der Waals surface area contributed by atoms with E-state index in [1.807, 2.05) is 18.2 Å². The zero-order valence-electron chi connectivity index (χ0n) is 11.3. The van der Waals surface area contributed by atoms with Gasteiger partial charge in [0.15, 0.2) is 0 Å². The Labute approximate surface area is 126 Å². The maximum atomic E-state index is 12.0. The second-order valence-corrected chi connectivity index (χ2v) is 5.41. The zero-order chi connectivity index (χ0) is 14.5. The van der Waals surface area contributed by atoms with Crippen molar-refractivity contribution in [1.82, 2.24) is 0 Å². The smallest absolute Gasteiger partial charge is 0.250 e. The molecule has 0 saturated carbocycles. The quantitative estimate of drug-likeness (QED) is 0.834. The van der Waals surface area contributed by atoms with Gasteiger partial charge in [-0.1, -0.05) is 22.0 Å². The first-order valence-corrected chi connectivity index (χ1v) is 7.51. The van der Waals surface area contributed by atoms with Crippen LogP contribution >= 0.6 is 15.9 Å². The first kappa shape index (κ1) is 15.0. The fourth-order valence-electron chi connectivity index (χ4n) is 2.21. The lowest BCUT2D eigenvalue weighted by molar-refractivity contribution is -0.119. The Bertz CT molecular complexity index is 507. The summed E-state index contributed by atoms with van der Waals surface area (Å²) in [6, 6.07) is 7.30. The highest BCUT2D eigenvalue weighted by Crippen LogP contribution is 2.27. The van der Waals surface area contributed by atoms with Gasteiger partial charge in [0.05, 0.1) is 0 Å². The summed E-state index contributed by atoms with van der Waals surface area (Å²) in [5, 5.41) is 3.55. The lowest BCUT2D eigenvalue weighted by atomic mass is 10.2. The molecule has 0 aliphatic carbocycles. The molecule has 0 aromatic heterocycles. The molecule has 0 spiro atoms. The summed E-state index contributed by atoms with van der Waals surface area (Å²) in [6.07, 6.45) is 0.561. The van der Waals surface area contributed by atoms with Crippen LogP contribution in [0.4, 0.5) is 11.4 Å². The normalized spacial score (nSPS) is 18.4. The van der Waals surface area contributed by atoms with Gasteiger partial charge in [0, 0.05) is 36.8 Å². The van der Waals surface area contributed by atoms with Crippen LogP contribution in [0.1, 0.15) is 6.42 Å². The lowest BCUT2D eigenvalue weighted by Gasteiger charge is -2.17. The molecule has 1 saturated heterocycles. The molecule has 5 nitrogen and oxygen atoms in total. The highest BCUT2D eigenvalue weighted by molar-refractivity contribution is 9.09. The van der Waals surface area contributed by atoms with E-state index >= 15 is 0 Å². The summed E-state index contributed by atoms with van der Waals surface area (Å²) in [5.74, 6) is 0.250. The van der Waals surface area contributed by atoms with E-state index in [2.05, 4.69) is 21.2 Å². The highest BCUT2D eigenvalue weighted by Gasteiger charge is 2.29. The fourth-order valence-corrected chi connectivity index (χ4v) is 2.65. The van der Waals surface area contributed by atoms with Gasteiger partial charge in [0.25, 0.3) is 0 Å². The number of methoxy groups -OCH3 is 1. The molecule has 1 aliphatic rings. The number of halogens is 1. The summed E-state index contributed by atoms with van der Waals surface area (Å²) in [7, 11) is 1.47. The summed E-state index contributed by atoms with van der Waals surface area (Å²) in [6.45, 7) is 0.720. The molecule has 1 heterocycles. The Morgan fingerprint density at radius 2 is 2.35 bits per heavy atom.